The number of hydrogen-bond donors (Lipinski definition) is 1. The van der Waals surface area contributed by atoms with Crippen molar-refractivity contribution >= 4 is 26.7 Å². The molecule has 114 valence electrons. The van der Waals surface area contributed by atoms with E-state index in [-0.39, 0.29) is 6.04 Å². The number of H-pyrrole nitrogens is 1. The molecule has 3 heterocycles. The van der Waals surface area contributed by atoms with Crippen molar-refractivity contribution in [1.29, 1.82) is 0 Å². The fourth-order valence-corrected chi connectivity index (χ4v) is 4.30. The Kier molecular flexibility index (Phi) is 3.62. The summed E-state index contributed by atoms with van der Waals surface area (Å²) in [6.45, 7) is 1.32. The molecular weight excluding hydrogens is 288 g/mol. The smallest absolute Gasteiger partial charge is 0.211 e. The zero-order valence-electron chi connectivity index (χ0n) is 12.3. The summed E-state index contributed by atoms with van der Waals surface area (Å²) in [6.07, 6.45) is 6.78. The summed E-state index contributed by atoms with van der Waals surface area (Å²) in [4.78, 5) is 9.50. The van der Waals surface area contributed by atoms with Gasteiger partial charge in [-0.1, -0.05) is 0 Å². The molecule has 0 spiro atoms. The lowest BCUT2D eigenvalue weighted by Gasteiger charge is -2.28. The molecule has 2 aromatic rings. The van der Waals surface area contributed by atoms with E-state index in [0.29, 0.717) is 13.1 Å². The summed E-state index contributed by atoms with van der Waals surface area (Å²) in [5.74, 6) is 0. The molecule has 0 unspecified atom stereocenters. The van der Waals surface area contributed by atoms with E-state index in [1.54, 1.807) is 10.5 Å². The lowest BCUT2D eigenvalue weighted by molar-refractivity contribution is 0.393. The van der Waals surface area contributed by atoms with E-state index in [1.807, 2.05) is 25.4 Å². The van der Waals surface area contributed by atoms with Gasteiger partial charge in [0.15, 0.2) is 0 Å². The Morgan fingerprint density at radius 1 is 1.48 bits per heavy atom. The van der Waals surface area contributed by atoms with Crippen molar-refractivity contribution < 1.29 is 8.42 Å². The zero-order chi connectivity index (χ0) is 15.0. The number of fused-ring (bicyclic) bond motifs is 1. The second-order valence-electron chi connectivity index (χ2n) is 5.62. The molecular formula is C14H20N4O2S. The summed E-state index contributed by atoms with van der Waals surface area (Å²) in [5.41, 5.74) is 1.92. The third kappa shape index (κ3) is 2.75. The van der Waals surface area contributed by atoms with Gasteiger partial charge >= 0.3 is 0 Å². The van der Waals surface area contributed by atoms with Crippen molar-refractivity contribution in [2.45, 2.75) is 18.9 Å². The number of sulfonamides is 1. The molecule has 0 bridgehead atoms. The number of nitrogens with one attached hydrogen (secondary N) is 1. The van der Waals surface area contributed by atoms with Crippen LogP contribution >= 0.6 is 0 Å². The molecule has 1 aliphatic heterocycles. The topological polar surface area (TPSA) is 69.3 Å². The van der Waals surface area contributed by atoms with Crippen LogP contribution < -0.4 is 4.90 Å². The van der Waals surface area contributed by atoms with Crippen LogP contribution in [-0.2, 0) is 10.0 Å². The highest BCUT2D eigenvalue weighted by Gasteiger charge is 2.32. The largest absolute Gasteiger partial charge is 0.372 e. The predicted octanol–water partition coefficient (Wildman–Crippen LogP) is 1.42. The summed E-state index contributed by atoms with van der Waals surface area (Å²) in [7, 11) is -1.12. The number of aromatic nitrogens is 2. The molecule has 0 aromatic carbocycles. The van der Waals surface area contributed by atoms with Crippen molar-refractivity contribution in [2.24, 2.45) is 0 Å². The molecule has 3 rings (SSSR count). The van der Waals surface area contributed by atoms with Gasteiger partial charge in [-0.25, -0.2) is 13.4 Å². The first-order valence-corrected chi connectivity index (χ1v) is 8.91. The SMILES string of the molecule is CN(C[C@@H]1CCCN1S(C)(=O)=O)c1ccnc2[nH]ccc12. The maximum Gasteiger partial charge on any atom is 0.211 e. The van der Waals surface area contributed by atoms with Crippen LogP contribution in [0.1, 0.15) is 12.8 Å². The van der Waals surface area contributed by atoms with Crippen LogP contribution in [0.2, 0.25) is 0 Å². The maximum atomic E-state index is 11.8. The van der Waals surface area contributed by atoms with Gasteiger partial charge in [0.25, 0.3) is 0 Å². The Bertz CT molecular complexity index is 740. The summed E-state index contributed by atoms with van der Waals surface area (Å²) >= 11 is 0. The first-order valence-electron chi connectivity index (χ1n) is 7.07. The standard InChI is InChI=1S/C14H20N4O2S/c1-17(10-11-4-3-9-18(11)21(2,19)20)13-6-8-16-14-12(13)5-7-15-14/h5-8,11H,3-4,9-10H2,1-2H3,(H,15,16)/t11-/m0/s1. The summed E-state index contributed by atoms with van der Waals surface area (Å²) < 4.78 is 25.3. The number of pyridine rings is 1. The number of aromatic amines is 1. The molecule has 0 aliphatic carbocycles. The fraction of sp³-hybridized carbons (Fsp3) is 0.500. The third-order valence-electron chi connectivity index (χ3n) is 4.08. The highest BCUT2D eigenvalue weighted by atomic mass is 32.2. The van der Waals surface area contributed by atoms with Crippen molar-refractivity contribution in [3.8, 4) is 0 Å². The molecule has 2 aromatic heterocycles. The van der Waals surface area contributed by atoms with Gasteiger partial charge in [0.1, 0.15) is 5.65 Å². The molecule has 1 N–H and O–H groups in total. The van der Waals surface area contributed by atoms with Gasteiger partial charge in [0, 0.05) is 49.6 Å². The second-order valence-corrected chi connectivity index (χ2v) is 7.56. The van der Waals surface area contributed by atoms with Crippen LogP contribution in [0.5, 0.6) is 0 Å². The van der Waals surface area contributed by atoms with Gasteiger partial charge in [-0.05, 0) is 25.0 Å². The van der Waals surface area contributed by atoms with E-state index in [9.17, 15) is 8.42 Å². The van der Waals surface area contributed by atoms with Gasteiger partial charge < -0.3 is 9.88 Å². The third-order valence-corrected chi connectivity index (χ3v) is 5.41. The monoisotopic (exact) mass is 308 g/mol. The van der Waals surface area contributed by atoms with E-state index < -0.39 is 10.0 Å². The average molecular weight is 308 g/mol. The molecule has 0 amide bonds. The van der Waals surface area contributed by atoms with Gasteiger partial charge in [0.2, 0.25) is 10.0 Å². The van der Waals surface area contributed by atoms with Crippen LogP contribution in [0.3, 0.4) is 0 Å². The highest BCUT2D eigenvalue weighted by Crippen LogP contribution is 2.27. The van der Waals surface area contributed by atoms with Crippen molar-refractivity contribution in [1.82, 2.24) is 14.3 Å². The summed E-state index contributed by atoms with van der Waals surface area (Å²) in [6, 6.07) is 4.01. The first kappa shape index (κ1) is 14.3. The van der Waals surface area contributed by atoms with Crippen LogP contribution in [0.4, 0.5) is 5.69 Å². The quantitative estimate of drug-likeness (QED) is 0.927. The molecule has 1 atom stereocenters. The molecule has 1 aliphatic rings. The Labute approximate surface area is 124 Å². The van der Waals surface area contributed by atoms with E-state index in [4.69, 9.17) is 0 Å². The fourth-order valence-electron chi connectivity index (χ4n) is 3.12. The molecule has 1 fully saturated rings. The van der Waals surface area contributed by atoms with Crippen LogP contribution in [0.15, 0.2) is 24.5 Å². The summed E-state index contributed by atoms with van der Waals surface area (Å²) in [5, 5.41) is 1.06. The van der Waals surface area contributed by atoms with Gasteiger partial charge in [-0.3, -0.25) is 0 Å². The Morgan fingerprint density at radius 3 is 3.05 bits per heavy atom. The van der Waals surface area contributed by atoms with E-state index in [1.165, 1.54) is 6.26 Å². The molecule has 0 radical (unpaired) electrons. The Hall–Kier alpha value is -1.60. The first-order chi connectivity index (χ1) is 9.97. The number of nitrogens with zero attached hydrogens (tertiary/aromatic N) is 3. The van der Waals surface area contributed by atoms with Gasteiger partial charge in [0.05, 0.1) is 6.26 Å². The Balaban J connectivity index is 1.83. The minimum Gasteiger partial charge on any atom is -0.372 e. The van der Waals surface area contributed by atoms with E-state index >= 15 is 0 Å². The van der Waals surface area contributed by atoms with E-state index in [0.717, 1.165) is 29.6 Å². The zero-order valence-corrected chi connectivity index (χ0v) is 13.1. The van der Waals surface area contributed by atoms with Gasteiger partial charge in [-0.2, -0.15) is 4.31 Å². The molecule has 1 saturated heterocycles. The lowest BCUT2D eigenvalue weighted by Crippen LogP contribution is -2.41. The number of anilines is 1. The van der Waals surface area contributed by atoms with Crippen LogP contribution in [0.25, 0.3) is 11.0 Å². The second kappa shape index (κ2) is 5.31. The molecule has 21 heavy (non-hydrogen) atoms. The number of rotatable bonds is 4. The molecule has 0 saturated carbocycles. The van der Waals surface area contributed by atoms with Crippen LogP contribution in [-0.4, -0.2) is 55.1 Å². The minimum absolute atomic E-state index is 0.0483. The number of likely N-dealkylation sites (N-methyl/N-ethyl adjacent to an activating group) is 1. The highest BCUT2D eigenvalue weighted by molar-refractivity contribution is 7.88. The lowest BCUT2D eigenvalue weighted by atomic mass is 10.2. The van der Waals surface area contributed by atoms with Gasteiger partial charge in [-0.15, -0.1) is 0 Å². The molecule has 6 nitrogen and oxygen atoms in total. The molecule has 7 heteroatoms. The number of hydrogen-bond acceptors (Lipinski definition) is 4. The van der Waals surface area contributed by atoms with E-state index in [2.05, 4.69) is 14.9 Å². The van der Waals surface area contributed by atoms with Crippen molar-refractivity contribution in [3.05, 3.63) is 24.5 Å². The maximum absolute atomic E-state index is 11.8. The van der Waals surface area contributed by atoms with Crippen molar-refractivity contribution in [2.75, 3.05) is 31.3 Å². The van der Waals surface area contributed by atoms with Crippen molar-refractivity contribution in [3.63, 3.8) is 0 Å². The van der Waals surface area contributed by atoms with Crippen LogP contribution in [0, 0.1) is 0 Å². The normalized spacial score (nSPS) is 20.2. The average Bonchev–Trinajstić information content (AvgIpc) is 3.04. The Morgan fingerprint density at radius 2 is 2.29 bits per heavy atom. The predicted molar refractivity (Wildman–Crippen MR) is 83.9 cm³/mol. The minimum atomic E-state index is -3.12.